The highest BCUT2D eigenvalue weighted by atomic mass is 32.2. The zero-order valence-electron chi connectivity index (χ0n) is 16.4. The van der Waals surface area contributed by atoms with E-state index in [4.69, 9.17) is 0 Å². The van der Waals surface area contributed by atoms with Crippen molar-refractivity contribution >= 4 is 40.3 Å². The SMILES string of the molecule is O=C(CC1SC(N2CCCC2)=NC1=O)Nc1ccc(C(=O)N2CCCCC2)cc1. The highest BCUT2D eigenvalue weighted by Crippen LogP contribution is 2.29. The van der Waals surface area contributed by atoms with Gasteiger partial charge in [-0.05, 0) is 56.4 Å². The molecule has 154 valence electrons. The number of aliphatic imine (C=N–C) groups is 1. The number of amides is 3. The molecule has 2 fully saturated rings. The van der Waals surface area contributed by atoms with Crippen LogP contribution in [0, 0.1) is 0 Å². The molecule has 3 heterocycles. The number of nitrogens with zero attached hydrogens (tertiary/aromatic N) is 3. The van der Waals surface area contributed by atoms with Crippen molar-refractivity contribution in [1.82, 2.24) is 9.80 Å². The number of carbonyl (C=O) groups is 3. The van der Waals surface area contributed by atoms with E-state index in [0.717, 1.165) is 57.0 Å². The molecule has 0 aromatic heterocycles. The fourth-order valence-electron chi connectivity index (χ4n) is 3.91. The van der Waals surface area contributed by atoms with Gasteiger partial charge in [0.05, 0.1) is 0 Å². The summed E-state index contributed by atoms with van der Waals surface area (Å²) in [5, 5.41) is 3.13. The van der Waals surface area contributed by atoms with E-state index >= 15 is 0 Å². The van der Waals surface area contributed by atoms with Gasteiger partial charge in [0.1, 0.15) is 5.25 Å². The number of benzene rings is 1. The van der Waals surface area contributed by atoms with Crippen LogP contribution in [0.5, 0.6) is 0 Å². The summed E-state index contributed by atoms with van der Waals surface area (Å²) < 4.78 is 0. The van der Waals surface area contributed by atoms with Gasteiger partial charge in [-0.2, -0.15) is 4.99 Å². The molecule has 3 aliphatic heterocycles. The monoisotopic (exact) mass is 414 g/mol. The van der Waals surface area contributed by atoms with Crippen LogP contribution in [0.25, 0.3) is 0 Å². The van der Waals surface area contributed by atoms with Crippen LogP contribution in [-0.4, -0.2) is 64.1 Å². The summed E-state index contributed by atoms with van der Waals surface area (Å²) in [6, 6.07) is 6.98. The molecule has 0 saturated carbocycles. The summed E-state index contributed by atoms with van der Waals surface area (Å²) in [6.45, 7) is 3.48. The van der Waals surface area contributed by atoms with Gasteiger partial charge in [0.15, 0.2) is 5.17 Å². The largest absolute Gasteiger partial charge is 0.351 e. The zero-order chi connectivity index (χ0) is 20.2. The van der Waals surface area contributed by atoms with Crippen molar-refractivity contribution in [1.29, 1.82) is 0 Å². The van der Waals surface area contributed by atoms with Crippen molar-refractivity contribution in [2.75, 3.05) is 31.5 Å². The van der Waals surface area contributed by atoms with E-state index < -0.39 is 5.25 Å². The number of rotatable bonds is 4. The summed E-state index contributed by atoms with van der Waals surface area (Å²) >= 11 is 1.39. The van der Waals surface area contributed by atoms with Crippen LogP contribution in [-0.2, 0) is 9.59 Å². The smallest absolute Gasteiger partial charge is 0.262 e. The Hall–Kier alpha value is -2.35. The first-order valence-corrected chi connectivity index (χ1v) is 11.2. The highest BCUT2D eigenvalue weighted by molar-refractivity contribution is 8.15. The number of likely N-dealkylation sites (tertiary alicyclic amines) is 2. The zero-order valence-corrected chi connectivity index (χ0v) is 17.2. The molecule has 7 nitrogen and oxygen atoms in total. The first kappa shape index (κ1) is 19.9. The van der Waals surface area contributed by atoms with Gasteiger partial charge >= 0.3 is 0 Å². The maximum atomic E-state index is 12.5. The fourth-order valence-corrected chi connectivity index (χ4v) is 5.03. The van der Waals surface area contributed by atoms with Crippen molar-refractivity contribution in [2.24, 2.45) is 4.99 Å². The number of carbonyl (C=O) groups excluding carboxylic acids is 3. The van der Waals surface area contributed by atoms with Gasteiger partial charge in [0.2, 0.25) is 5.91 Å². The third-order valence-corrected chi connectivity index (χ3v) is 6.75. The Labute approximate surface area is 174 Å². The number of piperidine rings is 1. The molecular formula is C21H26N4O3S. The van der Waals surface area contributed by atoms with Crippen LogP contribution in [0.4, 0.5) is 5.69 Å². The number of thioether (sulfide) groups is 1. The van der Waals surface area contributed by atoms with Crippen molar-refractivity contribution in [3.8, 4) is 0 Å². The Morgan fingerprint density at radius 1 is 1.00 bits per heavy atom. The average Bonchev–Trinajstić information content (AvgIpc) is 3.39. The van der Waals surface area contributed by atoms with Crippen LogP contribution >= 0.6 is 11.8 Å². The molecule has 1 aromatic rings. The Balaban J connectivity index is 1.28. The minimum Gasteiger partial charge on any atom is -0.351 e. The predicted octanol–water partition coefficient (Wildman–Crippen LogP) is 2.74. The lowest BCUT2D eigenvalue weighted by molar-refractivity contribution is -0.121. The van der Waals surface area contributed by atoms with E-state index in [2.05, 4.69) is 15.2 Å². The van der Waals surface area contributed by atoms with Gasteiger partial charge in [0, 0.05) is 43.9 Å². The molecule has 29 heavy (non-hydrogen) atoms. The number of anilines is 1. The van der Waals surface area contributed by atoms with Gasteiger partial charge < -0.3 is 15.1 Å². The van der Waals surface area contributed by atoms with Crippen LogP contribution in [0.2, 0.25) is 0 Å². The summed E-state index contributed by atoms with van der Waals surface area (Å²) in [4.78, 5) is 45.2. The molecule has 3 aliphatic rings. The number of hydrogen-bond acceptors (Lipinski definition) is 5. The molecule has 4 rings (SSSR count). The summed E-state index contributed by atoms with van der Waals surface area (Å²) in [5.41, 5.74) is 1.26. The standard InChI is InChI=1S/C21H26N4O3S/c26-18(14-17-19(27)23-21(29-17)25-12-4-5-13-25)22-16-8-6-15(7-9-16)20(28)24-10-2-1-3-11-24/h6-9,17H,1-5,10-14H2,(H,22,26). The highest BCUT2D eigenvalue weighted by Gasteiger charge is 2.33. The molecule has 1 atom stereocenters. The minimum atomic E-state index is -0.453. The Kier molecular flexibility index (Phi) is 6.18. The lowest BCUT2D eigenvalue weighted by atomic mass is 10.1. The molecule has 1 N–H and O–H groups in total. The molecule has 0 spiro atoms. The van der Waals surface area contributed by atoms with Crippen LogP contribution in [0.15, 0.2) is 29.3 Å². The second-order valence-corrected chi connectivity index (χ2v) is 8.89. The molecule has 1 unspecified atom stereocenters. The Morgan fingerprint density at radius 3 is 2.34 bits per heavy atom. The van der Waals surface area contributed by atoms with E-state index in [1.54, 1.807) is 24.3 Å². The van der Waals surface area contributed by atoms with Gasteiger partial charge in [-0.25, -0.2) is 0 Å². The molecular weight excluding hydrogens is 388 g/mol. The molecule has 2 saturated heterocycles. The maximum absolute atomic E-state index is 12.5. The van der Waals surface area contributed by atoms with Gasteiger partial charge in [-0.1, -0.05) is 11.8 Å². The quantitative estimate of drug-likeness (QED) is 0.819. The van der Waals surface area contributed by atoms with E-state index in [1.807, 2.05) is 4.90 Å². The second-order valence-electron chi connectivity index (χ2n) is 7.72. The van der Waals surface area contributed by atoms with Gasteiger partial charge in [-0.15, -0.1) is 0 Å². The maximum Gasteiger partial charge on any atom is 0.262 e. The van der Waals surface area contributed by atoms with Gasteiger partial charge in [-0.3, -0.25) is 14.4 Å². The molecule has 1 aromatic carbocycles. The van der Waals surface area contributed by atoms with Crippen LogP contribution < -0.4 is 5.32 Å². The third kappa shape index (κ3) is 4.80. The number of nitrogens with one attached hydrogen (secondary N) is 1. The summed E-state index contributed by atoms with van der Waals surface area (Å²) in [6.07, 6.45) is 5.63. The topological polar surface area (TPSA) is 82.1 Å². The summed E-state index contributed by atoms with van der Waals surface area (Å²) in [7, 11) is 0. The minimum absolute atomic E-state index is 0.0436. The Morgan fingerprint density at radius 2 is 1.66 bits per heavy atom. The van der Waals surface area contributed by atoms with E-state index in [-0.39, 0.29) is 24.1 Å². The number of hydrogen-bond donors (Lipinski definition) is 1. The fraction of sp³-hybridized carbons (Fsp3) is 0.524. The molecule has 8 heteroatoms. The second kappa shape index (κ2) is 8.98. The van der Waals surface area contributed by atoms with Crippen LogP contribution in [0.1, 0.15) is 48.9 Å². The van der Waals surface area contributed by atoms with E-state index in [0.29, 0.717) is 11.3 Å². The molecule has 0 aliphatic carbocycles. The van der Waals surface area contributed by atoms with Crippen molar-refractivity contribution in [2.45, 2.75) is 43.8 Å². The van der Waals surface area contributed by atoms with Crippen LogP contribution in [0.3, 0.4) is 0 Å². The molecule has 3 amide bonds. The Bertz CT molecular complexity index is 812. The molecule has 0 radical (unpaired) electrons. The first-order chi connectivity index (χ1) is 14.1. The van der Waals surface area contributed by atoms with Gasteiger partial charge in [0.25, 0.3) is 11.8 Å². The number of amidine groups is 1. The third-order valence-electron chi connectivity index (χ3n) is 5.54. The van der Waals surface area contributed by atoms with E-state index in [9.17, 15) is 14.4 Å². The van der Waals surface area contributed by atoms with Crippen molar-refractivity contribution in [3.05, 3.63) is 29.8 Å². The van der Waals surface area contributed by atoms with Crippen molar-refractivity contribution in [3.63, 3.8) is 0 Å². The average molecular weight is 415 g/mol. The van der Waals surface area contributed by atoms with E-state index in [1.165, 1.54) is 18.2 Å². The lowest BCUT2D eigenvalue weighted by Crippen LogP contribution is -2.35. The normalized spacial score (nSPS) is 22.0. The predicted molar refractivity (Wildman–Crippen MR) is 114 cm³/mol. The first-order valence-electron chi connectivity index (χ1n) is 10.3. The molecule has 0 bridgehead atoms. The summed E-state index contributed by atoms with van der Waals surface area (Å²) in [5.74, 6) is -0.402. The lowest BCUT2D eigenvalue weighted by Gasteiger charge is -2.26. The van der Waals surface area contributed by atoms with Crippen molar-refractivity contribution < 1.29 is 14.4 Å².